The first-order chi connectivity index (χ1) is 10.5. The van der Waals surface area contributed by atoms with Gasteiger partial charge in [0, 0.05) is 5.69 Å². The lowest BCUT2D eigenvalue weighted by molar-refractivity contribution is -0.116. The summed E-state index contributed by atoms with van der Waals surface area (Å²) in [5, 5.41) is 2.27. The van der Waals surface area contributed by atoms with E-state index in [-0.39, 0.29) is 11.1 Å². The van der Waals surface area contributed by atoms with Gasteiger partial charge in [0.1, 0.15) is 0 Å². The van der Waals surface area contributed by atoms with Gasteiger partial charge in [-0.3, -0.25) is 9.59 Å². The van der Waals surface area contributed by atoms with Gasteiger partial charge in [-0.05, 0) is 49.9 Å². The van der Waals surface area contributed by atoms with E-state index in [0.29, 0.717) is 5.69 Å². The number of thioether (sulfide) groups is 1. The summed E-state index contributed by atoms with van der Waals surface area (Å²) < 4.78 is 0. The lowest BCUT2D eigenvalue weighted by atomic mass is 10.2. The average Bonchev–Trinajstić information content (AvgIpc) is 2.77. The number of rotatable bonds is 3. The lowest BCUT2D eigenvalue weighted by Crippen LogP contribution is -2.34. The molecule has 2 aromatic rings. The summed E-state index contributed by atoms with van der Waals surface area (Å²) in [6, 6.07) is 15.1. The zero-order valence-electron chi connectivity index (χ0n) is 12.4. The molecule has 2 amide bonds. The van der Waals surface area contributed by atoms with Crippen molar-refractivity contribution >= 4 is 34.3 Å². The van der Waals surface area contributed by atoms with Gasteiger partial charge in [-0.25, -0.2) is 4.90 Å². The van der Waals surface area contributed by atoms with Crippen molar-refractivity contribution in [2.45, 2.75) is 19.2 Å². The number of aryl methyl sites for hydroxylation is 2. The SMILES string of the molecule is Cc1ccc(N[C@H]2SC(=O)N(c3ccc(C)cc3)C2=O)cc1. The van der Waals surface area contributed by atoms with Crippen LogP contribution in [0.25, 0.3) is 0 Å². The molecule has 3 rings (SSSR count). The molecule has 1 atom stereocenters. The number of nitrogens with one attached hydrogen (secondary N) is 1. The first-order valence-corrected chi connectivity index (χ1v) is 7.87. The van der Waals surface area contributed by atoms with Crippen molar-refractivity contribution in [3.05, 3.63) is 59.7 Å². The maximum atomic E-state index is 12.5. The summed E-state index contributed by atoms with van der Waals surface area (Å²) in [5.74, 6) is -0.237. The Balaban J connectivity index is 1.79. The largest absolute Gasteiger partial charge is 0.365 e. The molecule has 0 aliphatic carbocycles. The van der Waals surface area contributed by atoms with Crippen LogP contribution in [0.4, 0.5) is 16.2 Å². The van der Waals surface area contributed by atoms with Crippen LogP contribution in [0.2, 0.25) is 0 Å². The molecule has 0 aromatic heterocycles. The molecule has 4 nitrogen and oxygen atoms in total. The van der Waals surface area contributed by atoms with Gasteiger partial charge in [0.15, 0.2) is 5.37 Å². The molecule has 1 aliphatic rings. The van der Waals surface area contributed by atoms with E-state index >= 15 is 0 Å². The standard InChI is InChI=1S/C17H16N2O2S/c1-11-3-7-13(8-4-11)18-15-16(20)19(17(21)22-15)14-9-5-12(2)6-10-14/h3-10,15,18H,1-2H3/t15-/m0/s1. The van der Waals surface area contributed by atoms with Crippen molar-refractivity contribution in [3.63, 3.8) is 0 Å². The van der Waals surface area contributed by atoms with Crippen molar-refractivity contribution in [1.82, 2.24) is 0 Å². The summed E-state index contributed by atoms with van der Waals surface area (Å²) >= 11 is 1.01. The maximum absolute atomic E-state index is 12.5. The van der Waals surface area contributed by atoms with Gasteiger partial charge in [-0.1, -0.05) is 35.4 Å². The molecule has 1 aliphatic heterocycles. The van der Waals surface area contributed by atoms with Crippen LogP contribution in [0, 0.1) is 13.8 Å². The number of carbonyl (C=O) groups is 2. The second-order valence-electron chi connectivity index (χ2n) is 5.28. The maximum Gasteiger partial charge on any atom is 0.295 e. The van der Waals surface area contributed by atoms with E-state index in [2.05, 4.69) is 5.32 Å². The average molecular weight is 312 g/mol. The van der Waals surface area contributed by atoms with Gasteiger partial charge >= 0.3 is 0 Å². The molecule has 112 valence electrons. The van der Waals surface area contributed by atoms with E-state index in [4.69, 9.17) is 0 Å². The van der Waals surface area contributed by atoms with Crippen LogP contribution < -0.4 is 10.2 Å². The molecule has 2 aromatic carbocycles. The molecular weight excluding hydrogens is 296 g/mol. The fraction of sp³-hybridized carbons (Fsp3) is 0.176. The Labute approximate surface area is 133 Å². The Bertz CT molecular complexity index is 710. The third-order valence-electron chi connectivity index (χ3n) is 3.49. The molecule has 1 N–H and O–H groups in total. The molecule has 0 saturated carbocycles. The van der Waals surface area contributed by atoms with Crippen LogP contribution in [-0.2, 0) is 4.79 Å². The third kappa shape index (κ3) is 2.85. The highest BCUT2D eigenvalue weighted by Crippen LogP contribution is 2.32. The number of amides is 2. The second kappa shape index (κ2) is 5.85. The van der Waals surface area contributed by atoms with Crippen LogP contribution in [0.15, 0.2) is 48.5 Å². The van der Waals surface area contributed by atoms with Gasteiger partial charge in [0.25, 0.3) is 11.1 Å². The zero-order chi connectivity index (χ0) is 15.7. The number of hydrogen-bond donors (Lipinski definition) is 1. The first-order valence-electron chi connectivity index (χ1n) is 6.99. The van der Waals surface area contributed by atoms with Crippen molar-refractivity contribution in [2.75, 3.05) is 10.2 Å². The Kier molecular flexibility index (Phi) is 3.90. The number of benzene rings is 2. The Morgan fingerprint density at radius 3 is 2.05 bits per heavy atom. The number of nitrogens with zero attached hydrogens (tertiary/aromatic N) is 1. The van der Waals surface area contributed by atoms with Gasteiger partial charge < -0.3 is 5.32 Å². The predicted molar refractivity (Wildman–Crippen MR) is 90.2 cm³/mol. The number of carbonyl (C=O) groups excluding carboxylic acids is 2. The summed E-state index contributed by atoms with van der Waals surface area (Å²) in [5.41, 5.74) is 3.68. The normalized spacial score (nSPS) is 17.9. The molecule has 1 saturated heterocycles. The zero-order valence-corrected chi connectivity index (χ0v) is 13.2. The minimum atomic E-state index is -0.587. The predicted octanol–water partition coefficient (Wildman–Crippen LogP) is 3.94. The quantitative estimate of drug-likeness (QED) is 0.932. The molecule has 22 heavy (non-hydrogen) atoms. The van der Waals surface area contributed by atoms with Crippen molar-refractivity contribution in [3.8, 4) is 0 Å². The van der Waals surface area contributed by atoms with Crippen LogP contribution in [0.3, 0.4) is 0 Å². The van der Waals surface area contributed by atoms with Crippen molar-refractivity contribution < 1.29 is 9.59 Å². The van der Waals surface area contributed by atoms with E-state index < -0.39 is 5.37 Å². The third-order valence-corrected chi connectivity index (χ3v) is 4.43. The van der Waals surface area contributed by atoms with E-state index in [0.717, 1.165) is 28.6 Å². The Morgan fingerprint density at radius 1 is 0.909 bits per heavy atom. The van der Waals surface area contributed by atoms with E-state index in [9.17, 15) is 9.59 Å². The fourth-order valence-corrected chi connectivity index (χ4v) is 3.13. The van der Waals surface area contributed by atoms with Crippen LogP contribution >= 0.6 is 11.8 Å². The van der Waals surface area contributed by atoms with Crippen molar-refractivity contribution in [1.29, 1.82) is 0 Å². The van der Waals surface area contributed by atoms with Gasteiger partial charge in [-0.2, -0.15) is 0 Å². The van der Waals surface area contributed by atoms with E-state index in [1.807, 2.05) is 50.2 Å². The number of hydrogen-bond acceptors (Lipinski definition) is 4. The summed E-state index contributed by atoms with van der Waals surface area (Å²) in [6.07, 6.45) is 0. The number of anilines is 2. The highest BCUT2D eigenvalue weighted by atomic mass is 32.2. The highest BCUT2D eigenvalue weighted by molar-refractivity contribution is 8.16. The van der Waals surface area contributed by atoms with Gasteiger partial charge in [0.05, 0.1) is 5.69 Å². The van der Waals surface area contributed by atoms with Crippen molar-refractivity contribution in [2.24, 2.45) is 0 Å². The van der Waals surface area contributed by atoms with Crippen LogP contribution in [0.1, 0.15) is 11.1 Å². The molecule has 0 bridgehead atoms. The monoisotopic (exact) mass is 312 g/mol. The van der Waals surface area contributed by atoms with Crippen LogP contribution in [0.5, 0.6) is 0 Å². The smallest absolute Gasteiger partial charge is 0.295 e. The minimum absolute atomic E-state index is 0.237. The molecule has 0 radical (unpaired) electrons. The molecule has 1 heterocycles. The molecule has 0 spiro atoms. The molecule has 5 heteroatoms. The minimum Gasteiger partial charge on any atom is -0.365 e. The first kappa shape index (κ1) is 14.7. The highest BCUT2D eigenvalue weighted by Gasteiger charge is 2.40. The van der Waals surface area contributed by atoms with Gasteiger partial charge in [0.2, 0.25) is 0 Å². The van der Waals surface area contributed by atoms with Gasteiger partial charge in [-0.15, -0.1) is 0 Å². The fourth-order valence-electron chi connectivity index (χ4n) is 2.23. The Hall–Kier alpha value is -2.27. The van der Waals surface area contributed by atoms with E-state index in [1.54, 1.807) is 12.1 Å². The lowest BCUT2D eigenvalue weighted by Gasteiger charge is -2.15. The topological polar surface area (TPSA) is 49.4 Å². The molecule has 1 fully saturated rings. The Morgan fingerprint density at radius 2 is 1.45 bits per heavy atom. The van der Waals surface area contributed by atoms with E-state index in [1.165, 1.54) is 4.90 Å². The number of imide groups is 1. The molecule has 0 unspecified atom stereocenters. The summed E-state index contributed by atoms with van der Waals surface area (Å²) in [6.45, 7) is 3.97. The molecular formula is C17H16N2O2S. The van der Waals surface area contributed by atoms with Crippen LogP contribution in [-0.4, -0.2) is 16.5 Å². The summed E-state index contributed by atoms with van der Waals surface area (Å²) in [4.78, 5) is 25.9. The summed E-state index contributed by atoms with van der Waals surface area (Å²) in [7, 11) is 0. The second-order valence-corrected chi connectivity index (χ2v) is 6.34.